The molecular formula is C15H27N3O2. The van der Waals surface area contributed by atoms with Crippen molar-refractivity contribution >= 4 is 11.8 Å². The largest absolute Gasteiger partial charge is 0.301 e. The zero-order chi connectivity index (χ0) is 14.8. The van der Waals surface area contributed by atoms with Gasteiger partial charge in [-0.2, -0.15) is 0 Å². The predicted octanol–water partition coefficient (Wildman–Crippen LogP) is 0.845. The van der Waals surface area contributed by atoms with E-state index in [0.29, 0.717) is 18.3 Å². The topological polar surface area (TPSA) is 52.6 Å². The Morgan fingerprint density at radius 2 is 1.80 bits per heavy atom. The zero-order valence-electron chi connectivity index (χ0n) is 12.9. The first-order valence-electron chi connectivity index (χ1n) is 7.65. The molecule has 0 unspecified atom stereocenters. The number of hydrogen-bond donors (Lipinski definition) is 1. The third kappa shape index (κ3) is 4.28. The molecule has 5 nitrogen and oxygen atoms in total. The Morgan fingerprint density at radius 1 is 1.15 bits per heavy atom. The highest BCUT2D eigenvalue weighted by Gasteiger charge is 2.33. The summed E-state index contributed by atoms with van der Waals surface area (Å²) in [4.78, 5) is 27.7. The van der Waals surface area contributed by atoms with Gasteiger partial charge in [0.25, 0.3) is 0 Å². The summed E-state index contributed by atoms with van der Waals surface area (Å²) in [6.07, 6.45) is 2.35. The highest BCUT2D eigenvalue weighted by Crippen LogP contribution is 2.20. The van der Waals surface area contributed by atoms with Gasteiger partial charge in [0.05, 0.1) is 6.04 Å². The van der Waals surface area contributed by atoms with Crippen LogP contribution in [0.15, 0.2) is 0 Å². The van der Waals surface area contributed by atoms with Crippen LogP contribution in [0.3, 0.4) is 0 Å². The maximum Gasteiger partial charge on any atom is 0.243 e. The summed E-state index contributed by atoms with van der Waals surface area (Å²) in [7, 11) is 0. The lowest BCUT2D eigenvalue weighted by atomic mass is 9.92. The van der Waals surface area contributed by atoms with Gasteiger partial charge in [0.1, 0.15) is 0 Å². The van der Waals surface area contributed by atoms with Crippen LogP contribution in [0.1, 0.15) is 40.0 Å². The molecule has 2 aliphatic rings. The molecule has 0 spiro atoms. The van der Waals surface area contributed by atoms with Gasteiger partial charge in [0.2, 0.25) is 11.8 Å². The number of rotatable bonds is 3. The second-order valence-corrected chi connectivity index (χ2v) is 7.16. The molecule has 2 heterocycles. The summed E-state index contributed by atoms with van der Waals surface area (Å²) < 4.78 is 0. The Hall–Kier alpha value is -0.940. The SMILES string of the molecule is CC(C)(C)CCN1CCN([C@H]2CCC(=O)NC2=O)CC1. The van der Waals surface area contributed by atoms with Crippen molar-refractivity contribution in [1.82, 2.24) is 15.1 Å². The highest BCUT2D eigenvalue weighted by atomic mass is 16.2. The first-order valence-corrected chi connectivity index (χ1v) is 7.65. The molecule has 2 fully saturated rings. The fourth-order valence-electron chi connectivity index (χ4n) is 2.82. The first-order chi connectivity index (χ1) is 9.35. The van der Waals surface area contributed by atoms with E-state index in [1.807, 2.05) is 0 Å². The van der Waals surface area contributed by atoms with Gasteiger partial charge in [-0.25, -0.2) is 0 Å². The number of nitrogens with one attached hydrogen (secondary N) is 1. The maximum atomic E-state index is 11.9. The van der Waals surface area contributed by atoms with Crippen molar-refractivity contribution in [3.8, 4) is 0 Å². The third-order valence-electron chi connectivity index (χ3n) is 4.24. The van der Waals surface area contributed by atoms with Crippen molar-refractivity contribution in [1.29, 1.82) is 0 Å². The second-order valence-electron chi connectivity index (χ2n) is 7.16. The van der Waals surface area contributed by atoms with Crippen LogP contribution in [-0.4, -0.2) is 60.4 Å². The van der Waals surface area contributed by atoms with Crippen LogP contribution in [-0.2, 0) is 9.59 Å². The van der Waals surface area contributed by atoms with Gasteiger partial charge in [0, 0.05) is 32.6 Å². The molecule has 0 radical (unpaired) electrons. The van der Waals surface area contributed by atoms with Gasteiger partial charge in [-0.1, -0.05) is 20.8 Å². The molecule has 0 saturated carbocycles. The summed E-state index contributed by atoms with van der Waals surface area (Å²) in [5.41, 5.74) is 0.376. The van der Waals surface area contributed by atoms with Crippen LogP contribution >= 0.6 is 0 Å². The summed E-state index contributed by atoms with van der Waals surface area (Å²) in [5.74, 6) is -0.237. The van der Waals surface area contributed by atoms with Crippen molar-refractivity contribution in [2.24, 2.45) is 5.41 Å². The molecule has 0 aliphatic carbocycles. The summed E-state index contributed by atoms with van der Waals surface area (Å²) in [6.45, 7) is 11.8. The molecular weight excluding hydrogens is 254 g/mol. The van der Waals surface area contributed by atoms with Crippen LogP contribution in [0.2, 0.25) is 0 Å². The highest BCUT2D eigenvalue weighted by molar-refractivity contribution is 6.00. The van der Waals surface area contributed by atoms with Gasteiger partial charge in [-0.05, 0) is 24.8 Å². The zero-order valence-corrected chi connectivity index (χ0v) is 12.9. The van der Waals surface area contributed by atoms with E-state index >= 15 is 0 Å². The van der Waals surface area contributed by atoms with Gasteiger partial charge in [-0.3, -0.25) is 19.8 Å². The van der Waals surface area contributed by atoms with Gasteiger partial charge >= 0.3 is 0 Å². The molecule has 1 N–H and O–H groups in total. The van der Waals surface area contributed by atoms with Crippen molar-refractivity contribution in [2.45, 2.75) is 46.1 Å². The van der Waals surface area contributed by atoms with Crippen LogP contribution in [0, 0.1) is 5.41 Å². The lowest BCUT2D eigenvalue weighted by molar-refractivity contribution is -0.138. The van der Waals surface area contributed by atoms with Crippen molar-refractivity contribution < 1.29 is 9.59 Å². The van der Waals surface area contributed by atoms with E-state index < -0.39 is 0 Å². The third-order valence-corrected chi connectivity index (χ3v) is 4.24. The van der Waals surface area contributed by atoms with E-state index in [1.165, 1.54) is 6.42 Å². The summed E-state index contributed by atoms with van der Waals surface area (Å²) in [6, 6.07) is -0.0996. The average Bonchev–Trinajstić information content (AvgIpc) is 2.36. The number of imide groups is 1. The molecule has 2 rings (SSSR count). The Balaban J connectivity index is 1.76. The van der Waals surface area contributed by atoms with Crippen LogP contribution < -0.4 is 5.32 Å². The maximum absolute atomic E-state index is 11.9. The standard InChI is InChI=1S/C15H27N3O2/c1-15(2,3)6-7-17-8-10-18(11-9-17)12-4-5-13(19)16-14(12)20/h12H,4-11H2,1-3H3,(H,16,19,20)/t12-/m0/s1. The van der Waals surface area contributed by atoms with Crippen molar-refractivity contribution in [3.05, 3.63) is 0 Å². The van der Waals surface area contributed by atoms with Crippen molar-refractivity contribution in [3.63, 3.8) is 0 Å². The quantitative estimate of drug-likeness (QED) is 0.779. The number of piperidine rings is 1. The fraction of sp³-hybridized carbons (Fsp3) is 0.867. The average molecular weight is 281 g/mol. The lowest BCUT2D eigenvalue weighted by Gasteiger charge is -2.40. The molecule has 0 aromatic carbocycles. The summed E-state index contributed by atoms with van der Waals surface area (Å²) in [5, 5.41) is 2.45. The number of amides is 2. The molecule has 5 heteroatoms. The lowest BCUT2D eigenvalue weighted by Crippen LogP contribution is -2.57. The van der Waals surface area contributed by atoms with Crippen LogP contribution in [0.5, 0.6) is 0 Å². The van der Waals surface area contributed by atoms with Crippen LogP contribution in [0.4, 0.5) is 0 Å². The second kappa shape index (κ2) is 6.22. The fourth-order valence-corrected chi connectivity index (χ4v) is 2.82. The number of piperazine rings is 1. The number of hydrogen-bond acceptors (Lipinski definition) is 4. The van der Waals surface area contributed by atoms with Crippen LogP contribution in [0.25, 0.3) is 0 Å². The van der Waals surface area contributed by atoms with E-state index in [2.05, 4.69) is 35.9 Å². The predicted molar refractivity (Wildman–Crippen MR) is 78.3 cm³/mol. The van der Waals surface area contributed by atoms with Crippen molar-refractivity contribution in [2.75, 3.05) is 32.7 Å². The normalized spacial score (nSPS) is 26.6. The first kappa shape index (κ1) is 15.4. The molecule has 1 atom stereocenters. The molecule has 20 heavy (non-hydrogen) atoms. The van der Waals surface area contributed by atoms with E-state index in [0.717, 1.165) is 32.7 Å². The molecule has 2 aliphatic heterocycles. The molecule has 114 valence electrons. The minimum absolute atomic E-state index is 0.0996. The Morgan fingerprint density at radius 3 is 2.35 bits per heavy atom. The molecule has 2 amide bonds. The number of carbonyl (C=O) groups excluding carboxylic acids is 2. The summed E-state index contributed by atoms with van der Waals surface area (Å²) >= 11 is 0. The molecule has 0 aromatic heterocycles. The smallest absolute Gasteiger partial charge is 0.243 e. The Kier molecular flexibility index (Phi) is 4.81. The van der Waals surface area contributed by atoms with E-state index in [4.69, 9.17) is 0 Å². The Labute approximate surface area is 121 Å². The number of carbonyl (C=O) groups is 2. The molecule has 2 saturated heterocycles. The van der Waals surface area contributed by atoms with E-state index in [-0.39, 0.29) is 17.9 Å². The monoisotopic (exact) mass is 281 g/mol. The minimum Gasteiger partial charge on any atom is -0.301 e. The minimum atomic E-state index is -0.130. The Bertz CT molecular complexity index is 368. The van der Waals surface area contributed by atoms with Gasteiger partial charge in [0.15, 0.2) is 0 Å². The molecule has 0 bridgehead atoms. The van der Waals surface area contributed by atoms with E-state index in [9.17, 15) is 9.59 Å². The number of nitrogens with zero attached hydrogens (tertiary/aromatic N) is 2. The van der Waals surface area contributed by atoms with E-state index in [1.54, 1.807) is 0 Å². The van der Waals surface area contributed by atoms with Gasteiger partial charge in [-0.15, -0.1) is 0 Å². The van der Waals surface area contributed by atoms with Gasteiger partial charge < -0.3 is 4.90 Å². The molecule has 0 aromatic rings.